The fourth-order valence-electron chi connectivity index (χ4n) is 3.17. The molecule has 4 amide bonds. The molecule has 8 nitrogen and oxygen atoms in total. The molecule has 1 aliphatic heterocycles. The summed E-state index contributed by atoms with van der Waals surface area (Å²) in [7, 11) is 2.81. The maximum absolute atomic E-state index is 14.0. The zero-order valence-electron chi connectivity index (χ0n) is 17.2. The normalized spacial score (nSPS) is 18.3. The van der Waals surface area contributed by atoms with E-state index in [0.717, 1.165) is 0 Å². The van der Waals surface area contributed by atoms with Crippen molar-refractivity contribution in [3.05, 3.63) is 59.7 Å². The molecule has 2 aromatic carbocycles. The first-order valence-electron chi connectivity index (χ1n) is 9.41. The molecule has 2 N–H and O–H groups in total. The standard InChI is InChI=1S/C21H20F3N3O5/c1-31-15-8-6-13(7-9-15)10-11-27-18(29)20(21(22,23)24,26-19(27)30)25-17(28)14-4-3-5-16(12-14)32-2/h3-9,12H,10-11H2,1-2H3,(H,25,28)(H,26,30)/t20-/m1/s1. The molecule has 2 aromatic rings. The van der Waals surface area contributed by atoms with Crippen LogP contribution in [0.15, 0.2) is 48.5 Å². The molecule has 1 saturated heterocycles. The molecule has 1 aliphatic rings. The highest BCUT2D eigenvalue weighted by Gasteiger charge is 2.68. The van der Waals surface area contributed by atoms with Gasteiger partial charge in [0, 0.05) is 12.1 Å². The molecule has 1 fully saturated rings. The van der Waals surface area contributed by atoms with Gasteiger partial charge in [0.15, 0.2) is 0 Å². The van der Waals surface area contributed by atoms with Crippen LogP contribution in [0.25, 0.3) is 0 Å². The Morgan fingerprint density at radius 1 is 1.06 bits per heavy atom. The summed E-state index contributed by atoms with van der Waals surface area (Å²) in [5.74, 6) is -1.99. The predicted octanol–water partition coefficient (Wildman–Crippen LogP) is 2.49. The van der Waals surface area contributed by atoms with Crippen molar-refractivity contribution in [2.24, 2.45) is 0 Å². The van der Waals surface area contributed by atoms with E-state index in [4.69, 9.17) is 9.47 Å². The number of urea groups is 1. The Balaban J connectivity index is 1.81. The van der Waals surface area contributed by atoms with Crippen LogP contribution in [0.3, 0.4) is 0 Å². The average molecular weight is 451 g/mol. The van der Waals surface area contributed by atoms with Crippen LogP contribution in [-0.2, 0) is 11.2 Å². The minimum absolute atomic E-state index is 0.112. The maximum Gasteiger partial charge on any atom is 0.440 e. The monoisotopic (exact) mass is 451 g/mol. The molecule has 1 atom stereocenters. The number of ether oxygens (including phenoxy) is 2. The number of halogens is 3. The Hall–Kier alpha value is -3.76. The van der Waals surface area contributed by atoms with Crippen LogP contribution < -0.4 is 20.1 Å². The summed E-state index contributed by atoms with van der Waals surface area (Å²) in [5.41, 5.74) is -3.08. The van der Waals surface area contributed by atoms with Gasteiger partial charge < -0.3 is 14.8 Å². The lowest BCUT2D eigenvalue weighted by molar-refractivity contribution is -0.200. The number of hydrogen-bond donors (Lipinski definition) is 2. The Morgan fingerprint density at radius 3 is 2.31 bits per heavy atom. The number of amides is 4. The smallest absolute Gasteiger partial charge is 0.440 e. The molecular formula is C21H20F3N3O5. The van der Waals surface area contributed by atoms with E-state index < -0.39 is 29.7 Å². The van der Waals surface area contributed by atoms with Crippen molar-refractivity contribution in [3.8, 4) is 11.5 Å². The third-order valence-corrected chi connectivity index (χ3v) is 4.95. The second-order valence-corrected chi connectivity index (χ2v) is 6.92. The van der Waals surface area contributed by atoms with Gasteiger partial charge in [-0.15, -0.1) is 0 Å². The van der Waals surface area contributed by atoms with E-state index in [1.807, 2.05) is 0 Å². The lowest BCUT2D eigenvalue weighted by atomic mass is 10.1. The summed E-state index contributed by atoms with van der Waals surface area (Å²) >= 11 is 0. The highest BCUT2D eigenvalue weighted by atomic mass is 19.4. The van der Waals surface area contributed by atoms with E-state index in [1.54, 1.807) is 34.9 Å². The third-order valence-electron chi connectivity index (χ3n) is 4.95. The molecule has 32 heavy (non-hydrogen) atoms. The summed E-state index contributed by atoms with van der Waals surface area (Å²) < 4.78 is 51.9. The van der Waals surface area contributed by atoms with Gasteiger partial charge in [-0.05, 0) is 42.3 Å². The van der Waals surface area contributed by atoms with E-state index in [1.165, 1.54) is 38.5 Å². The first kappa shape index (κ1) is 22.9. The number of hydrogen-bond acceptors (Lipinski definition) is 5. The number of imide groups is 1. The molecule has 0 spiro atoms. The van der Waals surface area contributed by atoms with Crippen LogP contribution in [-0.4, -0.2) is 55.3 Å². The fraction of sp³-hybridized carbons (Fsp3) is 0.286. The largest absolute Gasteiger partial charge is 0.497 e. The Morgan fingerprint density at radius 2 is 1.72 bits per heavy atom. The average Bonchev–Trinajstić information content (AvgIpc) is 3.02. The number of alkyl halides is 3. The Bertz CT molecular complexity index is 1030. The molecule has 1 heterocycles. The molecule has 0 saturated carbocycles. The SMILES string of the molecule is COc1ccc(CCN2C(=O)N[C@@](NC(=O)c3cccc(OC)c3)(C(F)(F)F)C2=O)cc1. The Kier molecular flexibility index (Phi) is 6.28. The van der Waals surface area contributed by atoms with Gasteiger partial charge in [-0.2, -0.15) is 13.2 Å². The maximum atomic E-state index is 14.0. The van der Waals surface area contributed by atoms with Crippen LogP contribution >= 0.6 is 0 Å². The minimum atomic E-state index is -5.29. The van der Waals surface area contributed by atoms with Crippen LogP contribution in [0.2, 0.25) is 0 Å². The lowest BCUT2D eigenvalue weighted by Gasteiger charge is -2.30. The number of benzene rings is 2. The summed E-state index contributed by atoms with van der Waals surface area (Å²) in [6.07, 6.45) is -5.18. The van der Waals surface area contributed by atoms with E-state index in [0.29, 0.717) is 16.2 Å². The number of carbonyl (C=O) groups excluding carboxylic acids is 3. The van der Waals surface area contributed by atoms with Crippen LogP contribution in [0.5, 0.6) is 11.5 Å². The highest BCUT2D eigenvalue weighted by molar-refractivity contribution is 6.10. The molecular weight excluding hydrogens is 431 g/mol. The van der Waals surface area contributed by atoms with Gasteiger partial charge in [-0.3, -0.25) is 19.8 Å². The predicted molar refractivity (Wildman–Crippen MR) is 106 cm³/mol. The Labute approximate surface area is 181 Å². The highest BCUT2D eigenvalue weighted by Crippen LogP contribution is 2.34. The van der Waals surface area contributed by atoms with Crippen molar-refractivity contribution in [2.45, 2.75) is 18.3 Å². The molecule has 0 aromatic heterocycles. The summed E-state index contributed by atoms with van der Waals surface area (Å²) in [6, 6.07) is 10.7. The van der Waals surface area contributed by atoms with Crippen molar-refractivity contribution in [3.63, 3.8) is 0 Å². The van der Waals surface area contributed by atoms with Crippen molar-refractivity contribution in [1.29, 1.82) is 0 Å². The number of rotatable bonds is 7. The molecule has 11 heteroatoms. The van der Waals surface area contributed by atoms with Gasteiger partial charge >= 0.3 is 12.2 Å². The zero-order chi connectivity index (χ0) is 23.5. The number of carbonyl (C=O) groups is 3. The van der Waals surface area contributed by atoms with Crippen molar-refractivity contribution < 1.29 is 37.0 Å². The molecule has 170 valence electrons. The summed E-state index contributed by atoms with van der Waals surface area (Å²) in [6.45, 7) is -0.316. The van der Waals surface area contributed by atoms with Gasteiger partial charge in [0.1, 0.15) is 11.5 Å². The van der Waals surface area contributed by atoms with E-state index in [9.17, 15) is 27.6 Å². The van der Waals surface area contributed by atoms with Crippen LogP contribution in [0.1, 0.15) is 15.9 Å². The van der Waals surface area contributed by atoms with E-state index >= 15 is 0 Å². The molecule has 3 rings (SSSR count). The fourth-order valence-corrected chi connectivity index (χ4v) is 3.17. The second-order valence-electron chi connectivity index (χ2n) is 6.92. The number of methoxy groups -OCH3 is 2. The van der Waals surface area contributed by atoms with Crippen molar-refractivity contribution in [2.75, 3.05) is 20.8 Å². The zero-order valence-corrected chi connectivity index (χ0v) is 17.2. The van der Waals surface area contributed by atoms with Gasteiger partial charge in [0.25, 0.3) is 17.5 Å². The minimum Gasteiger partial charge on any atom is -0.497 e. The third kappa shape index (κ3) is 4.32. The van der Waals surface area contributed by atoms with Gasteiger partial charge in [0.05, 0.1) is 14.2 Å². The van der Waals surface area contributed by atoms with Gasteiger partial charge in [-0.25, -0.2) is 4.79 Å². The first-order chi connectivity index (χ1) is 15.1. The topological polar surface area (TPSA) is 97.0 Å². The van der Waals surface area contributed by atoms with Gasteiger partial charge in [-0.1, -0.05) is 18.2 Å². The molecule has 0 bridgehead atoms. The molecule has 0 unspecified atom stereocenters. The second kappa shape index (κ2) is 8.77. The molecule has 0 radical (unpaired) electrons. The summed E-state index contributed by atoms with van der Waals surface area (Å²) in [4.78, 5) is 38.0. The quantitative estimate of drug-likeness (QED) is 0.631. The molecule has 0 aliphatic carbocycles. The number of nitrogens with zero attached hydrogens (tertiary/aromatic N) is 1. The van der Waals surface area contributed by atoms with Crippen molar-refractivity contribution >= 4 is 17.8 Å². The van der Waals surface area contributed by atoms with E-state index in [2.05, 4.69) is 0 Å². The first-order valence-corrected chi connectivity index (χ1v) is 9.41. The van der Waals surface area contributed by atoms with Crippen molar-refractivity contribution in [1.82, 2.24) is 15.5 Å². The van der Waals surface area contributed by atoms with Gasteiger partial charge in [0.2, 0.25) is 0 Å². The summed E-state index contributed by atoms with van der Waals surface area (Å²) in [5, 5.41) is 3.28. The lowest BCUT2D eigenvalue weighted by Crippen LogP contribution is -2.69. The van der Waals surface area contributed by atoms with Crippen LogP contribution in [0.4, 0.5) is 18.0 Å². The van der Waals surface area contributed by atoms with E-state index in [-0.39, 0.29) is 24.3 Å². The van der Waals surface area contributed by atoms with Crippen LogP contribution in [0, 0.1) is 0 Å². The number of nitrogens with one attached hydrogen (secondary N) is 2.